The van der Waals surface area contributed by atoms with Crippen molar-refractivity contribution in [2.45, 2.75) is 16.1 Å². The molecular formula is C16H15BrFNO2S. The first kappa shape index (κ1) is 15.6. The van der Waals surface area contributed by atoms with Gasteiger partial charge in [0, 0.05) is 11.0 Å². The van der Waals surface area contributed by atoms with Crippen LogP contribution in [0.4, 0.5) is 4.39 Å². The molecule has 1 fully saturated rings. The van der Waals surface area contributed by atoms with E-state index in [0.717, 1.165) is 10.0 Å². The molecule has 0 aliphatic carbocycles. The maximum absolute atomic E-state index is 13.2. The maximum atomic E-state index is 13.2. The summed E-state index contributed by atoms with van der Waals surface area (Å²) in [5.41, 5.74) is 0.755. The second-order valence-corrected chi connectivity index (χ2v) is 8.56. The smallest absolute Gasteiger partial charge is 0.189 e. The van der Waals surface area contributed by atoms with Crippen LogP contribution >= 0.6 is 15.9 Å². The van der Waals surface area contributed by atoms with Gasteiger partial charge < -0.3 is 5.32 Å². The Morgan fingerprint density at radius 2 is 1.68 bits per heavy atom. The molecule has 1 atom stereocenters. The molecule has 0 aromatic heterocycles. The van der Waals surface area contributed by atoms with Gasteiger partial charge in [-0.25, -0.2) is 12.8 Å². The summed E-state index contributed by atoms with van der Waals surface area (Å²) in [7, 11) is -3.63. The summed E-state index contributed by atoms with van der Waals surface area (Å²) in [4.78, 5) is 0.153. The van der Waals surface area contributed by atoms with Crippen LogP contribution in [-0.4, -0.2) is 21.5 Å². The van der Waals surface area contributed by atoms with Gasteiger partial charge in [-0.2, -0.15) is 0 Å². The molecule has 1 aliphatic heterocycles. The van der Waals surface area contributed by atoms with Gasteiger partial charge in [-0.1, -0.05) is 28.1 Å². The number of hydrogen-bond donors (Lipinski definition) is 1. The van der Waals surface area contributed by atoms with Crippen LogP contribution in [0.3, 0.4) is 0 Å². The second kappa shape index (κ2) is 5.76. The lowest BCUT2D eigenvalue weighted by Gasteiger charge is -2.29. The fourth-order valence-electron chi connectivity index (χ4n) is 2.89. The Hall–Kier alpha value is -1.24. The molecule has 1 N–H and O–H groups in total. The van der Waals surface area contributed by atoms with E-state index in [0.29, 0.717) is 19.5 Å². The van der Waals surface area contributed by atoms with Crippen LogP contribution in [0, 0.1) is 5.82 Å². The fraction of sp³-hybridized carbons (Fsp3) is 0.250. The van der Waals surface area contributed by atoms with E-state index in [4.69, 9.17) is 0 Å². The van der Waals surface area contributed by atoms with Crippen molar-refractivity contribution in [3.63, 3.8) is 0 Å². The molecule has 1 aliphatic rings. The molecule has 3 rings (SSSR count). The van der Waals surface area contributed by atoms with Crippen LogP contribution < -0.4 is 5.32 Å². The van der Waals surface area contributed by atoms with Crippen LogP contribution in [0.5, 0.6) is 0 Å². The summed E-state index contributed by atoms with van der Waals surface area (Å²) in [6, 6.07) is 12.4. The molecular weight excluding hydrogens is 369 g/mol. The first-order valence-electron chi connectivity index (χ1n) is 6.93. The minimum Gasteiger partial charge on any atom is -0.315 e. The Kier molecular flexibility index (Phi) is 4.09. The summed E-state index contributed by atoms with van der Waals surface area (Å²) in [6.07, 6.45) is 0.494. The molecule has 0 radical (unpaired) electrons. The Morgan fingerprint density at radius 1 is 1.05 bits per heavy atom. The van der Waals surface area contributed by atoms with Gasteiger partial charge in [0.15, 0.2) is 9.84 Å². The van der Waals surface area contributed by atoms with Crippen molar-refractivity contribution in [2.24, 2.45) is 0 Å². The van der Waals surface area contributed by atoms with E-state index < -0.39 is 20.4 Å². The lowest BCUT2D eigenvalue weighted by molar-refractivity contribution is 0.536. The number of benzene rings is 2. The molecule has 1 heterocycles. The highest BCUT2D eigenvalue weighted by Crippen LogP contribution is 2.40. The molecule has 6 heteroatoms. The van der Waals surface area contributed by atoms with Crippen molar-refractivity contribution in [2.75, 3.05) is 13.1 Å². The highest BCUT2D eigenvalue weighted by molar-refractivity contribution is 9.10. The number of halogens is 2. The molecule has 1 saturated heterocycles. The normalized spacial score (nSPS) is 21.9. The first-order valence-corrected chi connectivity index (χ1v) is 9.20. The topological polar surface area (TPSA) is 46.2 Å². The zero-order valence-corrected chi connectivity index (χ0v) is 14.1. The third-order valence-electron chi connectivity index (χ3n) is 4.12. The molecule has 1 unspecified atom stereocenters. The van der Waals surface area contributed by atoms with E-state index in [1.54, 1.807) is 0 Å². The maximum Gasteiger partial charge on any atom is 0.189 e. The molecule has 0 amide bonds. The summed E-state index contributed by atoms with van der Waals surface area (Å²) in [5.74, 6) is -0.443. The van der Waals surface area contributed by atoms with Gasteiger partial charge >= 0.3 is 0 Å². The number of hydrogen-bond acceptors (Lipinski definition) is 3. The van der Waals surface area contributed by atoms with Crippen molar-refractivity contribution >= 4 is 25.8 Å². The zero-order valence-electron chi connectivity index (χ0n) is 11.7. The second-order valence-electron chi connectivity index (χ2n) is 5.39. The van der Waals surface area contributed by atoms with E-state index in [1.807, 2.05) is 24.3 Å². The number of rotatable bonds is 3. The van der Waals surface area contributed by atoms with Gasteiger partial charge in [0.2, 0.25) is 0 Å². The van der Waals surface area contributed by atoms with E-state index in [1.165, 1.54) is 24.3 Å². The average molecular weight is 384 g/mol. The molecule has 2 aromatic rings. The van der Waals surface area contributed by atoms with E-state index in [9.17, 15) is 12.8 Å². The van der Waals surface area contributed by atoms with Crippen molar-refractivity contribution in [1.29, 1.82) is 0 Å². The zero-order chi connectivity index (χ0) is 15.8. The fourth-order valence-corrected chi connectivity index (χ4v) is 5.21. The van der Waals surface area contributed by atoms with Gasteiger partial charge in [0.25, 0.3) is 0 Å². The molecule has 0 bridgehead atoms. The Balaban J connectivity index is 2.14. The number of nitrogens with one attached hydrogen (secondary N) is 1. The Morgan fingerprint density at radius 3 is 2.23 bits per heavy atom. The van der Waals surface area contributed by atoms with Crippen LogP contribution in [0.25, 0.3) is 0 Å². The van der Waals surface area contributed by atoms with E-state index in [2.05, 4.69) is 21.2 Å². The highest BCUT2D eigenvalue weighted by atomic mass is 79.9. The van der Waals surface area contributed by atoms with Crippen LogP contribution in [0.15, 0.2) is 57.9 Å². The summed E-state index contributed by atoms with van der Waals surface area (Å²) in [5, 5.41) is 3.15. The standard InChI is InChI=1S/C16H15BrFNO2S/c17-13-3-1-12(2-4-13)16(9-10-19-11-16)22(20,21)15-7-5-14(18)6-8-15/h1-8,19H,9-11H2. The Bertz CT molecular complexity index is 767. The van der Waals surface area contributed by atoms with Crippen molar-refractivity contribution in [1.82, 2.24) is 5.32 Å². The molecule has 0 spiro atoms. The molecule has 2 aromatic carbocycles. The van der Waals surface area contributed by atoms with Crippen LogP contribution in [0.1, 0.15) is 12.0 Å². The molecule has 22 heavy (non-hydrogen) atoms. The average Bonchev–Trinajstić information content (AvgIpc) is 3.00. The lowest BCUT2D eigenvalue weighted by atomic mass is 9.97. The van der Waals surface area contributed by atoms with Gasteiger partial charge in [-0.15, -0.1) is 0 Å². The minimum atomic E-state index is -3.63. The molecule has 3 nitrogen and oxygen atoms in total. The molecule has 116 valence electrons. The van der Waals surface area contributed by atoms with E-state index >= 15 is 0 Å². The van der Waals surface area contributed by atoms with Crippen molar-refractivity contribution < 1.29 is 12.8 Å². The van der Waals surface area contributed by atoms with Crippen molar-refractivity contribution in [3.05, 3.63) is 64.4 Å². The van der Waals surface area contributed by atoms with Crippen molar-refractivity contribution in [3.8, 4) is 0 Å². The third kappa shape index (κ3) is 2.49. The van der Waals surface area contributed by atoms with Crippen LogP contribution in [-0.2, 0) is 14.6 Å². The van der Waals surface area contributed by atoms with Gasteiger partial charge in [-0.3, -0.25) is 0 Å². The van der Waals surface area contributed by atoms with Gasteiger partial charge in [-0.05, 0) is 54.9 Å². The first-order chi connectivity index (χ1) is 10.5. The monoisotopic (exact) mass is 383 g/mol. The Labute approximate surface area is 137 Å². The lowest BCUT2D eigenvalue weighted by Crippen LogP contribution is -2.38. The van der Waals surface area contributed by atoms with Crippen LogP contribution in [0.2, 0.25) is 0 Å². The predicted molar refractivity (Wildman–Crippen MR) is 86.9 cm³/mol. The predicted octanol–water partition coefficient (Wildman–Crippen LogP) is 3.25. The number of sulfone groups is 1. The quantitative estimate of drug-likeness (QED) is 0.827. The van der Waals surface area contributed by atoms with Gasteiger partial charge in [0.1, 0.15) is 10.6 Å². The summed E-state index contributed by atoms with van der Waals surface area (Å²) >= 11 is 3.37. The SMILES string of the molecule is O=S(=O)(c1ccc(F)cc1)C1(c2ccc(Br)cc2)CCNC1. The third-order valence-corrected chi connectivity index (χ3v) is 7.16. The highest BCUT2D eigenvalue weighted by Gasteiger charge is 2.48. The minimum absolute atomic E-state index is 0.153. The summed E-state index contributed by atoms with van der Waals surface area (Å²) < 4.78 is 39.4. The molecule has 0 saturated carbocycles. The summed E-state index contributed by atoms with van der Waals surface area (Å²) in [6.45, 7) is 0.991. The van der Waals surface area contributed by atoms with Gasteiger partial charge in [0.05, 0.1) is 4.90 Å². The largest absolute Gasteiger partial charge is 0.315 e. The van der Waals surface area contributed by atoms with E-state index in [-0.39, 0.29) is 4.90 Å².